The van der Waals surface area contributed by atoms with Gasteiger partial charge in [-0.3, -0.25) is 19.7 Å². The number of hydrogen-bond donors (Lipinski definition) is 2. The summed E-state index contributed by atoms with van der Waals surface area (Å²) in [7, 11) is 0. The first-order valence-electron chi connectivity index (χ1n) is 7.16. The van der Waals surface area contributed by atoms with E-state index in [1.807, 2.05) is 19.9 Å². The van der Waals surface area contributed by atoms with Gasteiger partial charge in [0, 0.05) is 5.69 Å². The van der Waals surface area contributed by atoms with Gasteiger partial charge in [-0.1, -0.05) is 11.6 Å². The van der Waals surface area contributed by atoms with Gasteiger partial charge in [-0.2, -0.15) is 5.10 Å². The molecule has 0 amide bonds. The second-order valence-electron chi connectivity index (χ2n) is 5.62. The van der Waals surface area contributed by atoms with Gasteiger partial charge in [-0.05, 0) is 38.1 Å². The number of nitrogens with one attached hydrogen (secondary N) is 2. The van der Waals surface area contributed by atoms with Gasteiger partial charge in [0.25, 0.3) is 5.56 Å². The smallest absolute Gasteiger partial charge is 0.260 e. The quantitative estimate of drug-likeness (QED) is 0.529. The summed E-state index contributed by atoms with van der Waals surface area (Å²) in [5.41, 5.74) is 2.74. The Morgan fingerprint density at radius 2 is 1.87 bits per heavy atom. The zero-order chi connectivity index (χ0) is 16.1. The number of aryl methyl sites for hydroxylation is 2. The number of hydrogen-bond acceptors (Lipinski definition) is 4. The maximum absolute atomic E-state index is 12.7. The van der Waals surface area contributed by atoms with Gasteiger partial charge in [0.2, 0.25) is 11.1 Å². The lowest BCUT2D eigenvalue weighted by Crippen LogP contribution is -2.13. The van der Waals surface area contributed by atoms with Crippen molar-refractivity contribution in [3.63, 3.8) is 0 Å². The summed E-state index contributed by atoms with van der Waals surface area (Å²) in [6.07, 6.45) is 0. The standard InChI is InChI=1S/C17H13N3O3/c1-8-3-4-14-11(5-8)15(21)12-7-10(13-6-9(2)19-20-13)16(22)18-17(12)23-14/h3-7H,1-2H3,(H,18,22)(H,19,20). The fourth-order valence-corrected chi connectivity index (χ4v) is 2.67. The molecule has 0 aliphatic heterocycles. The second-order valence-corrected chi connectivity index (χ2v) is 5.62. The minimum Gasteiger partial charge on any atom is -0.439 e. The largest absolute Gasteiger partial charge is 0.439 e. The number of rotatable bonds is 1. The predicted molar refractivity (Wildman–Crippen MR) is 87.7 cm³/mol. The average molecular weight is 307 g/mol. The molecule has 0 aliphatic rings. The van der Waals surface area contributed by atoms with Crippen molar-refractivity contribution in [1.29, 1.82) is 0 Å². The molecule has 114 valence electrons. The molecule has 0 spiro atoms. The van der Waals surface area contributed by atoms with Crippen LogP contribution in [0.4, 0.5) is 0 Å². The Balaban J connectivity index is 2.11. The number of pyridine rings is 1. The van der Waals surface area contributed by atoms with Gasteiger partial charge in [0.1, 0.15) is 5.58 Å². The van der Waals surface area contributed by atoms with Crippen LogP contribution in [0.5, 0.6) is 0 Å². The van der Waals surface area contributed by atoms with E-state index >= 15 is 0 Å². The van der Waals surface area contributed by atoms with Gasteiger partial charge in [0.15, 0.2) is 0 Å². The van der Waals surface area contributed by atoms with Crippen molar-refractivity contribution in [2.24, 2.45) is 0 Å². The molecule has 0 saturated heterocycles. The van der Waals surface area contributed by atoms with E-state index < -0.39 is 0 Å². The third-order valence-corrected chi connectivity index (χ3v) is 3.82. The van der Waals surface area contributed by atoms with Crippen molar-refractivity contribution in [2.75, 3.05) is 0 Å². The normalized spacial score (nSPS) is 11.4. The molecule has 0 saturated carbocycles. The molecular weight excluding hydrogens is 294 g/mol. The molecule has 1 aromatic carbocycles. The van der Waals surface area contributed by atoms with Crippen LogP contribution in [-0.2, 0) is 0 Å². The lowest BCUT2D eigenvalue weighted by Gasteiger charge is -2.03. The van der Waals surface area contributed by atoms with Crippen molar-refractivity contribution < 1.29 is 4.42 Å². The maximum Gasteiger partial charge on any atom is 0.260 e. The number of aromatic nitrogens is 3. The van der Waals surface area contributed by atoms with E-state index in [-0.39, 0.29) is 16.7 Å². The van der Waals surface area contributed by atoms with Crippen LogP contribution < -0.4 is 11.0 Å². The van der Waals surface area contributed by atoms with Gasteiger partial charge in [-0.25, -0.2) is 0 Å². The van der Waals surface area contributed by atoms with E-state index in [1.54, 1.807) is 18.2 Å². The molecule has 4 rings (SSSR count). The highest BCUT2D eigenvalue weighted by atomic mass is 16.3. The SMILES string of the molecule is Cc1ccc2oc3[nH]c(=O)c(-c4cc(C)[nH]n4)cc3c(=O)c2c1. The lowest BCUT2D eigenvalue weighted by molar-refractivity contribution is 0.643. The third kappa shape index (κ3) is 2.07. The highest BCUT2D eigenvalue weighted by molar-refractivity contribution is 5.90. The van der Waals surface area contributed by atoms with Crippen LogP contribution in [0.1, 0.15) is 11.3 Å². The van der Waals surface area contributed by atoms with E-state index in [1.165, 1.54) is 6.07 Å². The summed E-state index contributed by atoms with van der Waals surface area (Å²) in [4.78, 5) is 27.6. The molecule has 0 fully saturated rings. The van der Waals surface area contributed by atoms with Crippen LogP contribution in [-0.4, -0.2) is 15.2 Å². The van der Waals surface area contributed by atoms with Gasteiger partial charge < -0.3 is 4.42 Å². The topological polar surface area (TPSA) is 91.8 Å². The molecule has 23 heavy (non-hydrogen) atoms. The van der Waals surface area contributed by atoms with E-state index in [2.05, 4.69) is 15.2 Å². The molecule has 0 radical (unpaired) electrons. The number of aromatic amines is 2. The van der Waals surface area contributed by atoms with Crippen LogP contribution in [0.2, 0.25) is 0 Å². The minimum atomic E-state index is -0.349. The Hall–Kier alpha value is -3.15. The first-order valence-corrected chi connectivity index (χ1v) is 7.16. The summed E-state index contributed by atoms with van der Waals surface area (Å²) in [5, 5.41) is 7.70. The summed E-state index contributed by atoms with van der Waals surface area (Å²) in [6.45, 7) is 3.75. The fraction of sp³-hybridized carbons (Fsp3) is 0.118. The first-order chi connectivity index (χ1) is 11.0. The maximum atomic E-state index is 12.7. The van der Waals surface area contributed by atoms with Crippen LogP contribution >= 0.6 is 0 Å². The Bertz CT molecular complexity index is 1180. The van der Waals surface area contributed by atoms with E-state index in [0.29, 0.717) is 27.6 Å². The summed E-state index contributed by atoms with van der Waals surface area (Å²) >= 11 is 0. The Morgan fingerprint density at radius 1 is 1.04 bits per heavy atom. The van der Waals surface area contributed by atoms with Crippen molar-refractivity contribution in [3.05, 3.63) is 62.2 Å². The Kier molecular flexibility index (Phi) is 2.74. The molecule has 0 atom stereocenters. The zero-order valence-electron chi connectivity index (χ0n) is 12.6. The van der Waals surface area contributed by atoms with Gasteiger partial charge in [0.05, 0.1) is 22.0 Å². The van der Waals surface area contributed by atoms with Crippen LogP contribution in [0.3, 0.4) is 0 Å². The number of H-pyrrole nitrogens is 2. The Labute approximate surface area is 129 Å². The average Bonchev–Trinajstić information content (AvgIpc) is 2.94. The molecule has 0 unspecified atom stereocenters. The van der Waals surface area contributed by atoms with Gasteiger partial charge >= 0.3 is 0 Å². The third-order valence-electron chi connectivity index (χ3n) is 3.82. The molecule has 3 heterocycles. The molecule has 6 nitrogen and oxygen atoms in total. The zero-order valence-corrected chi connectivity index (χ0v) is 12.6. The lowest BCUT2D eigenvalue weighted by atomic mass is 10.1. The van der Waals surface area contributed by atoms with Crippen LogP contribution in [0, 0.1) is 13.8 Å². The second kappa shape index (κ2) is 4.67. The molecule has 0 aliphatic carbocycles. The number of fused-ring (bicyclic) bond motifs is 2. The molecular formula is C17H13N3O3. The summed E-state index contributed by atoms with van der Waals surface area (Å²) in [5.74, 6) is 0. The predicted octanol–water partition coefficient (Wildman–Crippen LogP) is 2.64. The minimum absolute atomic E-state index is 0.172. The highest BCUT2D eigenvalue weighted by Crippen LogP contribution is 2.21. The van der Waals surface area contributed by atoms with E-state index in [9.17, 15) is 9.59 Å². The Morgan fingerprint density at radius 3 is 2.61 bits per heavy atom. The van der Waals surface area contributed by atoms with Crippen molar-refractivity contribution >= 4 is 22.1 Å². The highest BCUT2D eigenvalue weighted by Gasteiger charge is 2.14. The van der Waals surface area contributed by atoms with Gasteiger partial charge in [-0.15, -0.1) is 0 Å². The summed E-state index contributed by atoms with van der Waals surface area (Å²) < 4.78 is 5.68. The van der Waals surface area contributed by atoms with Crippen molar-refractivity contribution in [2.45, 2.75) is 13.8 Å². The number of nitrogens with zero attached hydrogens (tertiary/aromatic N) is 1. The monoisotopic (exact) mass is 307 g/mol. The first kappa shape index (κ1) is 13.5. The number of benzene rings is 1. The van der Waals surface area contributed by atoms with Crippen LogP contribution in [0.15, 0.2) is 44.3 Å². The van der Waals surface area contributed by atoms with E-state index in [4.69, 9.17) is 4.42 Å². The molecule has 2 N–H and O–H groups in total. The van der Waals surface area contributed by atoms with Crippen molar-refractivity contribution in [3.8, 4) is 11.3 Å². The van der Waals surface area contributed by atoms with Crippen molar-refractivity contribution in [1.82, 2.24) is 15.2 Å². The molecule has 0 bridgehead atoms. The molecule has 6 heteroatoms. The van der Waals surface area contributed by atoms with E-state index in [0.717, 1.165) is 11.3 Å². The summed E-state index contributed by atoms with van der Waals surface area (Å²) in [6, 6.07) is 8.66. The molecule has 4 aromatic rings. The van der Waals surface area contributed by atoms with Crippen LogP contribution in [0.25, 0.3) is 33.3 Å². The fourth-order valence-electron chi connectivity index (χ4n) is 2.67. The molecule has 3 aromatic heterocycles.